The molecule has 1 aromatic rings. The van der Waals surface area contributed by atoms with Crippen LogP contribution in [0.25, 0.3) is 0 Å². The van der Waals surface area contributed by atoms with Crippen molar-refractivity contribution in [2.45, 2.75) is 42.6 Å². The van der Waals surface area contributed by atoms with E-state index in [0.29, 0.717) is 19.3 Å². The van der Waals surface area contributed by atoms with Crippen LogP contribution >= 0.6 is 0 Å². The van der Waals surface area contributed by atoms with Crippen LogP contribution in [-0.4, -0.2) is 24.7 Å². The molecule has 0 amide bonds. The summed E-state index contributed by atoms with van der Waals surface area (Å²) in [4.78, 5) is 12.4. The van der Waals surface area contributed by atoms with Crippen molar-refractivity contribution in [3.8, 4) is 0 Å². The Labute approximate surface area is 134 Å². The first-order chi connectivity index (χ1) is 11.2. The maximum Gasteiger partial charge on any atom is 0.200 e. The number of Topliss-reactive ketones (excluding diaryl/α,β-unsaturated/α-hetero) is 1. The summed E-state index contributed by atoms with van der Waals surface area (Å²) in [7, 11) is -3.41. The molecule has 0 spiro atoms. The third-order valence-corrected chi connectivity index (χ3v) is 7.62. The molecule has 3 nitrogen and oxygen atoms in total. The van der Waals surface area contributed by atoms with E-state index in [0.717, 1.165) is 0 Å². The normalized spacial score (nSPS) is 28.6. The first kappa shape index (κ1) is 17.3. The number of rotatable bonds is 2. The van der Waals surface area contributed by atoms with E-state index in [2.05, 4.69) is 0 Å². The number of hydrogen-bond donors (Lipinski definition) is 0. The highest BCUT2D eigenvalue weighted by Gasteiger charge is 2.47. The molecule has 2 atom stereocenters. The Bertz CT molecular complexity index is 772. The second-order valence-electron chi connectivity index (χ2n) is 6.24. The van der Waals surface area contributed by atoms with Gasteiger partial charge < -0.3 is 0 Å². The molecular formula is C15H13F5O3S. The summed E-state index contributed by atoms with van der Waals surface area (Å²) in [6.45, 7) is 0. The summed E-state index contributed by atoms with van der Waals surface area (Å²) in [6, 6.07) is 0. The molecule has 0 aliphatic carbocycles. The third kappa shape index (κ3) is 2.44. The molecule has 2 fully saturated rings. The first-order valence-electron chi connectivity index (χ1n) is 7.44. The van der Waals surface area contributed by atoms with Crippen molar-refractivity contribution >= 4 is 15.6 Å². The second-order valence-corrected chi connectivity index (χ2v) is 8.75. The lowest BCUT2D eigenvalue weighted by atomic mass is 9.84. The van der Waals surface area contributed by atoms with E-state index in [1.165, 1.54) is 0 Å². The molecule has 2 bridgehead atoms. The molecule has 132 valence electrons. The quantitative estimate of drug-likeness (QED) is 0.348. The summed E-state index contributed by atoms with van der Waals surface area (Å²) < 4.78 is 91.5. The van der Waals surface area contributed by atoms with E-state index in [-0.39, 0.29) is 12.8 Å². The van der Waals surface area contributed by atoms with Crippen molar-refractivity contribution in [3.63, 3.8) is 0 Å². The Morgan fingerprint density at radius 1 is 0.792 bits per heavy atom. The predicted octanol–water partition coefficient (Wildman–Crippen LogP) is 3.31. The summed E-state index contributed by atoms with van der Waals surface area (Å²) in [6.07, 6.45) is 1.02. The molecule has 2 aliphatic heterocycles. The Morgan fingerprint density at radius 2 is 1.21 bits per heavy atom. The number of ketones is 1. The SMILES string of the molecule is O=C(c1c(F)c(F)c(F)c(F)c1F)C1CC2CCCC(C1)S2(=O)=O. The summed E-state index contributed by atoms with van der Waals surface area (Å²) >= 11 is 0. The standard InChI is InChI=1S/C15H13F5O3S/c16-10-9(11(17)13(19)14(20)12(10)18)15(21)6-4-7-2-1-3-8(5-6)24(7,22)23/h6-8H,1-5H2. The molecule has 0 saturated carbocycles. The van der Waals surface area contributed by atoms with Crippen LogP contribution in [0.2, 0.25) is 0 Å². The number of fused-ring (bicyclic) bond motifs is 2. The van der Waals surface area contributed by atoms with Crippen molar-refractivity contribution in [1.29, 1.82) is 0 Å². The summed E-state index contributed by atoms with van der Waals surface area (Å²) in [5.74, 6) is -13.3. The average Bonchev–Trinajstić information content (AvgIpc) is 2.50. The second kappa shape index (κ2) is 5.79. The number of halogens is 5. The number of hydrogen-bond acceptors (Lipinski definition) is 3. The predicted molar refractivity (Wildman–Crippen MR) is 73.6 cm³/mol. The van der Waals surface area contributed by atoms with Crippen molar-refractivity contribution in [2.24, 2.45) is 5.92 Å². The van der Waals surface area contributed by atoms with Gasteiger partial charge >= 0.3 is 0 Å². The fourth-order valence-corrected chi connectivity index (χ4v) is 6.18. The average molecular weight is 368 g/mol. The third-order valence-electron chi connectivity index (χ3n) is 4.90. The fourth-order valence-electron chi connectivity index (χ4n) is 3.65. The Hall–Kier alpha value is -1.51. The van der Waals surface area contributed by atoms with Gasteiger partial charge in [0, 0.05) is 5.92 Å². The minimum atomic E-state index is -3.41. The lowest BCUT2D eigenvalue weighted by Crippen LogP contribution is -2.45. The van der Waals surface area contributed by atoms with Crippen LogP contribution in [0.1, 0.15) is 42.5 Å². The van der Waals surface area contributed by atoms with Gasteiger partial charge in [-0.25, -0.2) is 30.4 Å². The highest BCUT2D eigenvalue weighted by molar-refractivity contribution is 7.92. The van der Waals surface area contributed by atoms with Gasteiger partial charge in [0.15, 0.2) is 38.9 Å². The molecule has 9 heteroatoms. The molecule has 0 N–H and O–H groups in total. The zero-order valence-electron chi connectivity index (χ0n) is 12.3. The number of carbonyl (C=O) groups excluding carboxylic acids is 1. The fraction of sp³-hybridized carbons (Fsp3) is 0.533. The highest BCUT2D eigenvalue weighted by Crippen LogP contribution is 2.41. The van der Waals surface area contributed by atoms with Crippen molar-refractivity contribution in [1.82, 2.24) is 0 Å². The van der Waals surface area contributed by atoms with Crippen LogP contribution in [0.3, 0.4) is 0 Å². The largest absolute Gasteiger partial charge is 0.294 e. The Balaban J connectivity index is 2.00. The zero-order chi connectivity index (χ0) is 17.8. The minimum absolute atomic E-state index is 0.156. The van der Waals surface area contributed by atoms with Crippen molar-refractivity contribution in [3.05, 3.63) is 34.6 Å². The van der Waals surface area contributed by atoms with Gasteiger partial charge in [0.2, 0.25) is 5.82 Å². The Kier molecular flexibility index (Phi) is 4.17. The van der Waals surface area contributed by atoms with Gasteiger partial charge in [0.25, 0.3) is 0 Å². The molecule has 2 unspecified atom stereocenters. The van der Waals surface area contributed by atoms with Crippen molar-refractivity contribution in [2.75, 3.05) is 0 Å². The maximum atomic E-state index is 13.8. The van der Waals surface area contributed by atoms with Gasteiger partial charge in [-0.1, -0.05) is 6.42 Å². The van der Waals surface area contributed by atoms with Gasteiger partial charge in [0.05, 0.1) is 16.1 Å². The lowest BCUT2D eigenvalue weighted by Gasteiger charge is -2.38. The van der Waals surface area contributed by atoms with Crippen LogP contribution in [0, 0.1) is 35.0 Å². The van der Waals surface area contributed by atoms with Gasteiger partial charge in [-0.2, -0.15) is 0 Å². The number of benzene rings is 1. The van der Waals surface area contributed by atoms with E-state index in [9.17, 15) is 35.2 Å². The monoisotopic (exact) mass is 368 g/mol. The van der Waals surface area contributed by atoms with Crippen LogP contribution in [-0.2, 0) is 9.84 Å². The molecule has 24 heavy (non-hydrogen) atoms. The highest BCUT2D eigenvalue weighted by atomic mass is 32.2. The van der Waals surface area contributed by atoms with Gasteiger partial charge in [-0.15, -0.1) is 0 Å². The molecule has 2 aliphatic rings. The van der Waals surface area contributed by atoms with Gasteiger partial charge in [0.1, 0.15) is 0 Å². The molecule has 3 rings (SSSR count). The van der Waals surface area contributed by atoms with E-state index in [1.54, 1.807) is 0 Å². The smallest absolute Gasteiger partial charge is 0.200 e. The molecule has 0 radical (unpaired) electrons. The first-order valence-corrected chi connectivity index (χ1v) is 9.05. The molecule has 2 heterocycles. The van der Waals surface area contributed by atoms with Crippen LogP contribution < -0.4 is 0 Å². The molecule has 0 aromatic heterocycles. The molecular weight excluding hydrogens is 355 g/mol. The Morgan fingerprint density at radius 3 is 1.67 bits per heavy atom. The van der Waals surface area contributed by atoms with Crippen molar-refractivity contribution < 1.29 is 35.2 Å². The van der Waals surface area contributed by atoms with E-state index in [4.69, 9.17) is 0 Å². The molecule has 1 aromatic carbocycles. The van der Waals surface area contributed by atoms with Crippen LogP contribution in [0.4, 0.5) is 22.0 Å². The summed E-state index contributed by atoms with van der Waals surface area (Å²) in [5, 5.41) is -1.61. The zero-order valence-corrected chi connectivity index (χ0v) is 13.1. The van der Waals surface area contributed by atoms with Crippen LogP contribution in [0.5, 0.6) is 0 Å². The topological polar surface area (TPSA) is 51.2 Å². The van der Waals surface area contributed by atoms with E-state index >= 15 is 0 Å². The summed E-state index contributed by atoms with van der Waals surface area (Å²) in [5.41, 5.74) is -1.48. The van der Waals surface area contributed by atoms with Crippen LogP contribution in [0.15, 0.2) is 0 Å². The molecule has 2 saturated heterocycles. The maximum absolute atomic E-state index is 13.8. The van der Waals surface area contributed by atoms with Gasteiger partial charge in [-0.05, 0) is 25.7 Å². The van der Waals surface area contributed by atoms with Gasteiger partial charge in [-0.3, -0.25) is 4.79 Å². The minimum Gasteiger partial charge on any atom is -0.294 e. The van der Waals surface area contributed by atoms with E-state index < -0.39 is 66.7 Å². The van der Waals surface area contributed by atoms with E-state index in [1.807, 2.05) is 0 Å². The number of sulfone groups is 1. The lowest BCUT2D eigenvalue weighted by molar-refractivity contribution is 0.0881. The number of carbonyl (C=O) groups is 1.